The van der Waals surface area contributed by atoms with E-state index in [1.807, 2.05) is 19.9 Å². The summed E-state index contributed by atoms with van der Waals surface area (Å²) in [6.07, 6.45) is 0. The Kier molecular flexibility index (Phi) is 6.42. The van der Waals surface area contributed by atoms with Crippen molar-refractivity contribution in [2.24, 2.45) is 0 Å². The second-order valence-electron chi connectivity index (χ2n) is 6.86. The van der Waals surface area contributed by atoms with Gasteiger partial charge >= 0.3 is 0 Å². The molecule has 3 rings (SSSR count). The van der Waals surface area contributed by atoms with Crippen LogP contribution in [0.4, 0.5) is 11.4 Å². The van der Waals surface area contributed by atoms with Crippen molar-refractivity contribution >= 4 is 27.3 Å². The molecule has 0 saturated carbocycles. The molecule has 0 fully saturated rings. The average Bonchev–Trinajstić information content (AvgIpc) is 2.69. The summed E-state index contributed by atoms with van der Waals surface area (Å²) in [4.78, 5) is 12.8. The van der Waals surface area contributed by atoms with E-state index in [1.165, 1.54) is 12.1 Å². The molecule has 0 aromatic heterocycles. The molecule has 156 valence electrons. The SMILES string of the molecule is CCOc1ccc(NC(=O)c2cc(S(=O)(=O)Nc3cccc(C)c3)ccc2C)cc1. The maximum atomic E-state index is 12.8. The molecule has 0 aliphatic carbocycles. The van der Waals surface area contributed by atoms with Gasteiger partial charge in [0.2, 0.25) is 0 Å². The van der Waals surface area contributed by atoms with Crippen molar-refractivity contribution < 1.29 is 17.9 Å². The summed E-state index contributed by atoms with van der Waals surface area (Å²) in [5.74, 6) is 0.325. The van der Waals surface area contributed by atoms with Crippen molar-refractivity contribution in [2.75, 3.05) is 16.6 Å². The van der Waals surface area contributed by atoms with E-state index < -0.39 is 10.0 Å². The Balaban J connectivity index is 1.82. The molecule has 2 N–H and O–H groups in total. The van der Waals surface area contributed by atoms with Crippen molar-refractivity contribution in [1.29, 1.82) is 0 Å². The van der Waals surface area contributed by atoms with Gasteiger partial charge in [-0.25, -0.2) is 8.42 Å². The Morgan fingerprint density at radius 2 is 1.67 bits per heavy atom. The number of hydrogen-bond donors (Lipinski definition) is 2. The molecule has 30 heavy (non-hydrogen) atoms. The highest BCUT2D eigenvalue weighted by atomic mass is 32.2. The van der Waals surface area contributed by atoms with Crippen molar-refractivity contribution in [2.45, 2.75) is 25.7 Å². The van der Waals surface area contributed by atoms with Crippen LogP contribution in [0.1, 0.15) is 28.4 Å². The van der Waals surface area contributed by atoms with E-state index in [9.17, 15) is 13.2 Å². The molecule has 0 radical (unpaired) electrons. The first-order chi connectivity index (χ1) is 14.3. The van der Waals surface area contributed by atoms with Crippen molar-refractivity contribution in [3.05, 3.63) is 83.4 Å². The lowest BCUT2D eigenvalue weighted by atomic mass is 10.1. The van der Waals surface area contributed by atoms with E-state index in [2.05, 4.69) is 10.0 Å². The fourth-order valence-corrected chi connectivity index (χ4v) is 4.01. The number of aryl methyl sites for hydroxylation is 2. The zero-order chi connectivity index (χ0) is 21.7. The van der Waals surface area contributed by atoms with E-state index in [4.69, 9.17) is 4.74 Å². The molecule has 0 heterocycles. The molecule has 0 bridgehead atoms. The normalized spacial score (nSPS) is 11.0. The van der Waals surface area contributed by atoms with Crippen LogP contribution in [0.5, 0.6) is 5.75 Å². The topological polar surface area (TPSA) is 84.5 Å². The highest BCUT2D eigenvalue weighted by molar-refractivity contribution is 7.92. The van der Waals surface area contributed by atoms with Gasteiger partial charge in [-0.15, -0.1) is 0 Å². The number of sulfonamides is 1. The maximum absolute atomic E-state index is 12.8. The molecule has 0 unspecified atom stereocenters. The third kappa shape index (κ3) is 5.18. The van der Waals surface area contributed by atoms with E-state index in [0.29, 0.717) is 29.3 Å². The van der Waals surface area contributed by atoms with Crippen molar-refractivity contribution in [3.8, 4) is 5.75 Å². The summed E-state index contributed by atoms with van der Waals surface area (Å²) in [6, 6.07) is 18.6. The van der Waals surface area contributed by atoms with Gasteiger partial charge in [0, 0.05) is 16.9 Å². The van der Waals surface area contributed by atoms with Gasteiger partial charge in [-0.1, -0.05) is 18.2 Å². The maximum Gasteiger partial charge on any atom is 0.261 e. The largest absolute Gasteiger partial charge is 0.494 e. The van der Waals surface area contributed by atoms with Gasteiger partial charge in [-0.3, -0.25) is 9.52 Å². The molecule has 0 atom stereocenters. The van der Waals surface area contributed by atoms with Crippen LogP contribution in [-0.4, -0.2) is 20.9 Å². The van der Waals surface area contributed by atoms with Crippen LogP contribution < -0.4 is 14.8 Å². The predicted molar refractivity (Wildman–Crippen MR) is 119 cm³/mol. The van der Waals surface area contributed by atoms with Gasteiger partial charge in [0.15, 0.2) is 0 Å². The minimum absolute atomic E-state index is 0.0199. The van der Waals surface area contributed by atoms with Crippen LogP contribution >= 0.6 is 0 Å². The lowest BCUT2D eigenvalue weighted by Crippen LogP contribution is -2.17. The molecular weight excluding hydrogens is 400 g/mol. The van der Waals surface area contributed by atoms with Gasteiger partial charge in [0.25, 0.3) is 15.9 Å². The van der Waals surface area contributed by atoms with E-state index in [-0.39, 0.29) is 16.4 Å². The third-order valence-electron chi connectivity index (χ3n) is 4.46. The molecule has 6 nitrogen and oxygen atoms in total. The zero-order valence-electron chi connectivity index (χ0n) is 17.1. The summed E-state index contributed by atoms with van der Waals surface area (Å²) in [7, 11) is -3.83. The second-order valence-corrected chi connectivity index (χ2v) is 8.55. The molecular formula is C23H24N2O4S. The predicted octanol–water partition coefficient (Wildman–Crippen LogP) is 4.76. The minimum atomic E-state index is -3.83. The lowest BCUT2D eigenvalue weighted by molar-refractivity contribution is 0.102. The number of amides is 1. The number of rotatable bonds is 7. The van der Waals surface area contributed by atoms with Gasteiger partial charge in [-0.2, -0.15) is 0 Å². The quantitative estimate of drug-likeness (QED) is 0.573. The Hall–Kier alpha value is -3.32. The molecule has 0 saturated heterocycles. The van der Waals surface area contributed by atoms with E-state index in [1.54, 1.807) is 55.5 Å². The average molecular weight is 425 g/mol. The summed E-state index contributed by atoms with van der Waals surface area (Å²) in [6.45, 7) is 6.10. The van der Waals surface area contributed by atoms with Crippen LogP contribution in [0.15, 0.2) is 71.6 Å². The highest BCUT2D eigenvalue weighted by Gasteiger charge is 2.18. The van der Waals surface area contributed by atoms with Crippen LogP contribution in [0.2, 0.25) is 0 Å². The van der Waals surface area contributed by atoms with Crippen molar-refractivity contribution in [3.63, 3.8) is 0 Å². The molecule has 0 aliphatic rings. The molecule has 7 heteroatoms. The summed E-state index contributed by atoms with van der Waals surface area (Å²) in [5, 5.41) is 2.79. The van der Waals surface area contributed by atoms with Gasteiger partial charge < -0.3 is 10.1 Å². The minimum Gasteiger partial charge on any atom is -0.494 e. The first-order valence-electron chi connectivity index (χ1n) is 9.53. The van der Waals surface area contributed by atoms with Crippen LogP contribution in [0, 0.1) is 13.8 Å². The summed E-state index contributed by atoms with van der Waals surface area (Å²) >= 11 is 0. The monoisotopic (exact) mass is 424 g/mol. The van der Waals surface area contributed by atoms with Crippen LogP contribution in [-0.2, 0) is 10.0 Å². The molecule has 0 spiro atoms. The standard InChI is InChI=1S/C23H24N2O4S/c1-4-29-20-11-9-18(10-12-20)24-23(26)22-15-21(13-8-17(22)3)30(27,28)25-19-7-5-6-16(2)14-19/h5-15,25H,4H2,1-3H3,(H,24,26). The number of carbonyl (C=O) groups is 1. The second kappa shape index (κ2) is 9.00. The Labute approximate surface area is 177 Å². The lowest BCUT2D eigenvalue weighted by Gasteiger charge is -2.12. The van der Waals surface area contributed by atoms with E-state index in [0.717, 1.165) is 5.56 Å². The van der Waals surface area contributed by atoms with Gasteiger partial charge in [-0.05, 0) is 80.4 Å². The number of benzene rings is 3. The fourth-order valence-electron chi connectivity index (χ4n) is 2.94. The van der Waals surface area contributed by atoms with Crippen molar-refractivity contribution in [1.82, 2.24) is 0 Å². The first-order valence-corrected chi connectivity index (χ1v) is 11.0. The Bertz CT molecular complexity index is 1160. The summed E-state index contributed by atoms with van der Waals surface area (Å²) < 4.78 is 33.5. The number of hydrogen-bond acceptors (Lipinski definition) is 4. The van der Waals surface area contributed by atoms with Gasteiger partial charge in [0.1, 0.15) is 5.75 Å². The molecule has 1 amide bonds. The molecule has 0 aliphatic heterocycles. The fraction of sp³-hybridized carbons (Fsp3) is 0.174. The number of nitrogens with one attached hydrogen (secondary N) is 2. The van der Waals surface area contributed by atoms with Gasteiger partial charge in [0.05, 0.1) is 11.5 Å². The number of ether oxygens (including phenoxy) is 1. The smallest absolute Gasteiger partial charge is 0.261 e. The Morgan fingerprint density at radius 3 is 2.33 bits per heavy atom. The first kappa shape index (κ1) is 21.4. The summed E-state index contributed by atoms with van der Waals surface area (Å²) in [5.41, 5.74) is 2.96. The highest BCUT2D eigenvalue weighted by Crippen LogP contribution is 2.22. The number of carbonyl (C=O) groups excluding carboxylic acids is 1. The third-order valence-corrected chi connectivity index (χ3v) is 5.84. The Morgan fingerprint density at radius 1 is 0.933 bits per heavy atom. The zero-order valence-corrected chi connectivity index (χ0v) is 17.9. The molecule has 3 aromatic carbocycles. The van der Waals surface area contributed by atoms with Crippen LogP contribution in [0.25, 0.3) is 0 Å². The van der Waals surface area contributed by atoms with E-state index >= 15 is 0 Å². The van der Waals surface area contributed by atoms with Crippen LogP contribution in [0.3, 0.4) is 0 Å². The number of anilines is 2. The molecule has 3 aromatic rings.